The lowest BCUT2D eigenvalue weighted by atomic mass is 10.2. The molecule has 0 aliphatic carbocycles. The molecule has 0 saturated heterocycles. The number of hydrogen-bond donors (Lipinski definition) is 0. The van der Waals surface area contributed by atoms with Gasteiger partial charge in [0, 0.05) is 18.8 Å². The second-order valence-electron chi connectivity index (χ2n) is 3.79. The van der Waals surface area contributed by atoms with Crippen LogP contribution in [0.3, 0.4) is 0 Å². The van der Waals surface area contributed by atoms with Crippen molar-refractivity contribution in [3.05, 3.63) is 41.5 Å². The fourth-order valence-corrected chi connectivity index (χ4v) is 1.63. The minimum Gasteiger partial charge on any atom is -0.293 e. The number of aryl methyl sites for hydroxylation is 2. The third kappa shape index (κ3) is 1.86. The zero-order valence-corrected chi connectivity index (χ0v) is 9.56. The fourth-order valence-electron chi connectivity index (χ4n) is 1.63. The Hall–Kier alpha value is -1.97. The van der Waals surface area contributed by atoms with Crippen molar-refractivity contribution in [2.45, 2.75) is 20.8 Å². The van der Waals surface area contributed by atoms with Crippen LogP contribution in [0.5, 0.6) is 0 Å². The Kier molecular flexibility index (Phi) is 2.56. The average molecular weight is 215 g/mol. The van der Waals surface area contributed by atoms with Gasteiger partial charge < -0.3 is 0 Å². The number of ketones is 1. The Labute approximate surface area is 93.9 Å². The molecule has 2 heterocycles. The van der Waals surface area contributed by atoms with Crippen LogP contribution in [0.15, 0.2) is 24.4 Å². The predicted molar refractivity (Wildman–Crippen MR) is 60.8 cm³/mol. The number of rotatable bonds is 2. The number of Topliss-reactive ketones (excluding diaryl/α,β-unsaturated/α-hetero) is 1. The van der Waals surface area contributed by atoms with Gasteiger partial charge in [0.25, 0.3) is 0 Å². The van der Waals surface area contributed by atoms with E-state index in [-0.39, 0.29) is 5.78 Å². The van der Waals surface area contributed by atoms with E-state index >= 15 is 0 Å². The molecule has 0 saturated carbocycles. The van der Waals surface area contributed by atoms with Crippen LogP contribution < -0.4 is 0 Å². The molecule has 2 aromatic heterocycles. The maximum atomic E-state index is 11.2. The van der Waals surface area contributed by atoms with E-state index in [1.54, 1.807) is 12.3 Å². The van der Waals surface area contributed by atoms with Crippen molar-refractivity contribution in [3.8, 4) is 5.69 Å². The predicted octanol–water partition coefficient (Wildman–Crippen LogP) is 2.09. The Morgan fingerprint density at radius 3 is 2.62 bits per heavy atom. The van der Waals surface area contributed by atoms with Crippen molar-refractivity contribution in [3.63, 3.8) is 0 Å². The van der Waals surface area contributed by atoms with Crippen molar-refractivity contribution in [2.24, 2.45) is 0 Å². The van der Waals surface area contributed by atoms with E-state index in [0.29, 0.717) is 5.69 Å². The quantitative estimate of drug-likeness (QED) is 0.721. The van der Waals surface area contributed by atoms with E-state index in [2.05, 4.69) is 10.1 Å². The van der Waals surface area contributed by atoms with E-state index in [1.807, 2.05) is 30.7 Å². The molecule has 16 heavy (non-hydrogen) atoms. The van der Waals surface area contributed by atoms with Crippen molar-refractivity contribution in [1.82, 2.24) is 14.8 Å². The monoisotopic (exact) mass is 215 g/mol. The summed E-state index contributed by atoms with van der Waals surface area (Å²) in [6, 6.07) is 5.58. The van der Waals surface area contributed by atoms with Gasteiger partial charge in [0.05, 0.1) is 11.4 Å². The Morgan fingerprint density at radius 1 is 1.31 bits per heavy atom. The first-order valence-corrected chi connectivity index (χ1v) is 5.08. The molecule has 2 rings (SSSR count). The topological polar surface area (TPSA) is 47.8 Å². The number of hydrogen-bond acceptors (Lipinski definition) is 3. The lowest BCUT2D eigenvalue weighted by Crippen LogP contribution is -2.03. The molecule has 0 unspecified atom stereocenters. The van der Waals surface area contributed by atoms with Crippen LogP contribution >= 0.6 is 0 Å². The maximum absolute atomic E-state index is 11.2. The highest BCUT2D eigenvalue weighted by molar-refractivity contribution is 5.92. The van der Waals surface area contributed by atoms with Crippen LogP contribution in [0.1, 0.15) is 28.8 Å². The highest BCUT2D eigenvalue weighted by atomic mass is 16.1. The minimum absolute atomic E-state index is 0.0385. The summed E-state index contributed by atoms with van der Waals surface area (Å²) in [4.78, 5) is 15.2. The van der Waals surface area contributed by atoms with Gasteiger partial charge in [0.15, 0.2) is 5.78 Å². The van der Waals surface area contributed by atoms with E-state index in [4.69, 9.17) is 0 Å². The largest absolute Gasteiger partial charge is 0.293 e. The third-order valence-corrected chi connectivity index (χ3v) is 2.36. The first kappa shape index (κ1) is 10.5. The van der Waals surface area contributed by atoms with E-state index in [0.717, 1.165) is 17.1 Å². The van der Waals surface area contributed by atoms with E-state index in [1.165, 1.54) is 6.92 Å². The Bertz CT molecular complexity index is 543. The van der Waals surface area contributed by atoms with Crippen molar-refractivity contribution in [1.29, 1.82) is 0 Å². The van der Waals surface area contributed by atoms with Gasteiger partial charge in [-0.25, -0.2) is 4.68 Å². The van der Waals surface area contributed by atoms with E-state index < -0.39 is 0 Å². The van der Waals surface area contributed by atoms with Gasteiger partial charge in [-0.05, 0) is 32.0 Å². The van der Waals surface area contributed by atoms with Crippen LogP contribution in [-0.2, 0) is 0 Å². The summed E-state index contributed by atoms with van der Waals surface area (Å²) in [6.07, 6.45) is 1.63. The standard InChI is InChI=1S/C12H13N3O/c1-8-6-9(2)15(14-8)11-4-5-13-12(7-11)10(3)16/h4-7H,1-3H3. The lowest BCUT2D eigenvalue weighted by molar-refractivity contribution is 0.101. The van der Waals surface area contributed by atoms with Crippen LogP contribution in [0.2, 0.25) is 0 Å². The molecule has 0 bridgehead atoms. The molecule has 82 valence electrons. The van der Waals surface area contributed by atoms with E-state index in [9.17, 15) is 4.79 Å². The SMILES string of the molecule is CC(=O)c1cc(-n2nc(C)cc2C)ccn1. The zero-order valence-electron chi connectivity index (χ0n) is 9.56. The van der Waals surface area contributed by atoms with Gasteiger partial charge in [0.1, 0.15) is 5.69 Å². The minimum atomic E-state index is -0.0385. The first-order valence-electron chi connectivity index (χ1n) is 5.08. The summed E-state index contributed by atoms with van der Waals surface area (Å²) in [5.74, 6) is -0.0385. The summed E-state index contributed by atoms with van der Waals surface area (Å²) in [5, 5.41) is 4.36. The number of pyridine rings is 1. The number of nitrogens with zero attached hydrogens (tertiary/aromatic N) is 3. The molecule has 0 radical (unpaired) electrons. The van der Waals surface area contributed by atoms with Gasteiger partial charge in [-0.1, -0.05) is 0 Å². The van der Waals surface area contributed by atoms with Crippen molar-refractivity contribution >= 4 is 5.78 Å². The molecule has 0 atom stereocenters. The summed E-state index contributed by atoms with van der Waals surface area (Å²) < 4.78 is 1.81. The van der Waals surface area contributed by atoms with Crippen LogP contribution in [0.4, 0.5) is 0 Å². The molecular weight excluding hydrogens is 202 g/mol. The lowest BCUT2D eigenvalue weighted by Gasteiger charge is -2.04. The number of aromatic nitrogens is 3. The molecule has 0 aliphatic heterocycles. The molecule has 0 aromatic carbocycles. The second kappa shape index (κ2) is 3.89. The fraction of sp³-hybridized carbons (Fsp3) is 0.250. The van der Waals surface area contributed by atoms with Gasteiger partial charge in [0.2, 0.25) is 0 Å². The zero-order chi connectivity index (χ0) is 11.7. The third-order valence-electron chi connectivity index (χ3n) is 2.36. The molecular formula is C12H13N3O. The smallest absolute Gasteiger partial charge is 0.178 e. The van der Waals surface area contributed by atoms with Gasteiger partial charge in [-0.15, -0.1) is 0 Å². The van der Waals surface area contributed by atoms with Gasteiger partial charge >= 0.3 is 0 Å². The highest BCUT2D eigenvalue weighted by Crippen LogP contribution is 2.12. The van der Waals surface area contributed by atoms with Crippen LogP contribution in [-0.4, -0.2) is 20.5 Å². The highest BCUT2D eigenvalue weighted by Gasteiger charge is 2.06. The molecule has 0 N–H and O–H groups in total. The normalized spacial score (nSPS) is 10.4. The van der Waals surface area contributed by atoms with Crippen LogP contribution in [0, 0.1) is 13.8 Å². The summed E-state index contributed by atoms with van der Waals surface area (Å²) in [6.45, 7) is 5.43. The molecule has 0 spiro atoms. The Morgan fingerprint density at radius 2 is 2.06 bits per heavy atom. The summed E-state index contributed by atoms with van der Waals surface area (Å²) in [7, 11) is 0. The molecule has 0 amide bonds. The number of carbonyl (C=O) groups excluding carboxylic acids is 1. The maximum Gasteiger partial charge on any atom is 0.178 e. The molecule has 2 aromatic rings. The summed E-state index contributed by atoms with van der Waals surface area (Å²) in [5.41, 5.74) is 3.33. The van der Waals surface area contributed by atoms with Crippen molar-refractivity contribution < 1.29 is 4.79 Å². The van der Waals surface area contributed by atoms with Gasteiger partial charge in [-0.2, -0.15) is 5.10 Å². The van der Waals surface area contributed by atoms with Gasteiger partial charge in [-0.3, -0.25) is 9.78 Å². The Balaban J connectivity index is 2.52. The average Bonchev–Trinajstić information content (AvgIpc) is 2.58. The van der Waals surface area contributed by atoms with Crippen LogP contribution in [0.25, 0.3) is 5.69 Å². The number of carbonyl (C=O) groups is 1. The first-order chi connectivity index (χ1) is 7.58. The summed E-state index contributed by atoms with van der Waals surface area (Å²) >= 11 is 0. The molecule has 4 nitrogen and oxygen atoms in total. The molecule has 0 aliphatic rings. The van der Waals surface area contributed by atoms with Crippen molar-refractivity contribution in [2.75, 3.05) is 0 Å². The second-order valence-corrected chi connectivity index (χ2v) is 3.79. The molecule has 0 fully saturated rings. The molecule has 4 heteroatoms.